The van der Waals surface area contributed by atoms with Crippen LogP contribution in [0.1, 0.15) is 39.5 Å². The van der Waals surface area contributed by atoms with E-state index in [1.165, 1.54) is 0 Å². The Morgan fingerprint density at radius 1 is 1.38 bits per heavy atom. The van der Waals surface area contributed by atoms with Gasteiger partial charge in [0, 0.05) is 0 Å². The zero-order valence-electron chi connectivity index (χ0n) is 8.44. The van der Waals surface area contributed by atoms with Crippen LogP contribution in [0.3, 0.4) is 0 Å². The number of hydrogen-bond donors (Lipinski definition) is 0. The van der Waals surface area contributed by atoms with Crippen molar-refractivity contribution in [2.75, 3.05) is 6.61 Å². The lowest BCUT2D eigenvalue weighted by molar-refractivity contribution is -0.146. The van der Waals surface area contributed by atoms with Gasteiger partial charge in [-0.2, -0.15) is 0 Å². The van der Waals surface area contributed by atoms with Gasteiger partial charge < -0.3 is 4.74 Å². The van der Waals surface area contributed by atoms with Crippen LogP contribution in [0.15, 0.2) is 0 Å². The molecule has 0 saturated carbocycles. The molecule has 0 aliphatic rings. The molecule has 0 fully saturated rings. The Morgan fingerprint density at radius 3 is 2.46 bits per heavy atom. The first kappa shape index (κ1) is 12.6. The molecular formula is C10H18ClO2+. The van der Waals surface area contributed by atoms with E-state index in [1.807, 2.05) is 0 Å². The number of ether oxygens (including phenoxy) is 1. The molecule has 0 unspecified atom stereocenters. The van der Waals surface area contributed by atoms with Crippen LogP contribution in [-0.4, -0.2) is 17.5 Å². The molecule has 0 atom stereocenters. The Balaban J connectivity index is 3.38. The largest absolute Gasteiger partial charge is 0.464 e. The van der Waals surface area contributed by atoms with E-state index in [0.717, 1.165) is 25.7 Å². The van der Waals surface area contributed by atoms with Crippen LogP contribution in [0.5, 0.6) is 0 Å². The van der Waals surface area contributed by atoms with Crippen molar-refractivity contribution in [3.63, 3.8) is 0 Å². The summed E-state index contributed by atoms with van der Waals surface area (Å²) in [6, 6.07) is 0. The van der Waals surface area contributed by atoms with Crippen molar-refractivity contribution in [2.24, 2.45) is 0 Å². The highest BCUT2D eigenvalue weighted by atomic mass is 35.5. The maximum absolute atomic E-state index is 11.1. The quantitative estimate of drug-likeness (QED) is 0.289. The average Bonchev–Trinajstić information content (AvgIpc) is 2.02. The fourth-order valence-electron chi connectivity index (χ4n) is 0.792. The number of carbonyl (C=O) groups excluding carboxylic acids is 1. The summed E-state index contributed by atoms with van der Waals surface area (Å²) in [6.45, 7) is 7.46. The van der Waals surface area contributed by atoms with Crippen molar-refractivity contribution in [1.29, 1.82) is 0 Å². The molecule has 0 aliphatic heterocycles. The number of halogens is 1. The molecule has 0 aromatic heterocycles. The molecule has 76 valence electrons. The van der Waals surface area contributed by atoms with Crippen molar-refractivity contribution < 1.29 is 9.53 Å². The lowest BCUT2D eigenvalue weighted by Crippen LogP contribution is -2.27. The van der Waals surface area contributed by atoms with Crippen LogP contribution in [0.2, 0.25) is 0 Å². The van der Waals surface area contributed by atoms with Crippen LogP contribution in [0, 0.1) is 6.92 Å². The number of hydrogen-bond acceptors (Lipinski definition) is 2. The molecule has 0 spiro atoms. The summed E-state index contributed by atoms with van der Waals surface area (Å²) in [5, 5.41) is 0. The number of carbonyl (C=O) groups is 1. The second-order valence-corrected chi connectivity index (χ2v) is 4.47. The molecule has 2 nitrogen and oxygen atoms in total. The van der Waals surface area contributed by atoms with Crippen LogP contribution in [-0.2, 0) is 9.53 Å². The average molecular weight is 206 g/mol. The summed E-state index contributed by atoms with van der Waals surface area (Å²) < 4.78 is 4.96. The molecule has 0 bridgehead atoms. The van der Waals surface area contributed by atoms with Gasteiger partial charge in [0.2, 0.25) is 0 Å². The molecule has 0 N–H and O–H groups in total. The van der Waals surface area contributed by atoms with Crippen molar-refractivity contribution in [1.82, 2.24) is 0 Å². The Kier molecular flexibility index (Phi) is 5.97. The minimum atomic E-state index is -0.897. The summed E-state index contributed by atoms with van der Waals surface area (Å²) >= 11 is 5.74. The van der Waals surface area contributed by atoms with Gasteiger partial charge in [-0.3, -0.25) is 4.79 Å². The molecule has 0 aromatic rings. The van der Waals surface area contributed by atoms with Crippen molar-refractivity contribution in [3.05, 3.63) is 6.92 Å². The number of alkyl halides is 1. The van der Waals surface area contributed by atoms with Crippen molar-refractivity contribution >= 4 is 17.6 Å². The Bertz CT molecular complexity index is 149. The molecule has 0 radical (unpaired) electrons. The lowest BCUT2D eigenvalue weighted by atomic mass is 10.2. The minimum Gasteiger partial charge on any atom is -0.464 e. The zero-order valence-corrected chi connectivity index (χ0v) is 9.19. The summed E-state index contributed by atoms with van der Waals surface area (Å²) in [6.07, 6.45) is 3.98. The van der Waals surface area contributed by atoms with Crippen LogP contribution < -0.4 is 0 Å². The summed E-state index contributed by atoms with van der Waals surface area (Å²) in [4.78, 5) is 10.2. The Hall–Kier alpha value is -0.370. The number of esters is 1. The monoisotopic (exact) mass is 205 g/mol. The van der Waals surface area contributed by atoms with E-state index in [1.54, 1.807) is 13.8 Å². The van der Waals surface area contributed by atoms with E-state index in [2.05, 4.69) is 6.92 Å². The van der Waals surface area contributed by atoms with E-state index >= 15 is 0 Å². The van der Waals surface area contributed by atoms with E-state index in [4.69, 9.17) is 16.3 Å². The Morgan fingerprint density at radius 2 is 2.00 bits per heavy atom. The SMILES string of the molecule is [CH2+]CCCCCOC(=O)C(C)(C)Cl. The Labute approximate surface area is 85.6 Å². The van der Waals surface area contributed by atoms with Gasteiger partial charge in [-0.1, -0.05) is 0 Å². The van der Waals surface area contributed by atoms with Gasteiger partial charge in [0.15, 0.2) is 0 Å². The van der Waals surface area contributed by atoms with Gasteiger partial charge in [0.1, 0.15) is 4.87 Å². The van der Waals surface area contributed by atoms with Crippen LogP contribution in [0.4, 0.5) is 0 Å². The van der Waals surface area contributed by atoms with Gasteiger partial charge in [-0.15, -0.1) is 11.6 Å². The number of unbranched alkanes of at least 4 members (excludes halogenated alkanes) is 3. The second-order valence-electron chi connectivity index (χ2n) is 3.52. The molecule has 0 rings (SSSR count). The minimum absolute atomic E-state index is 0.344. The van der Waals surface area contributed by atoms with Gasteiger partial charge in [-0.25, -0.2) is 0 Å². The fraction of sp³-hybridized carbons (Fsp3) is 0.800. The van der Waals surface area contributed by atoms with Gasteiger partial charge in [0.05, 0.1) is 20.0 Å². The summed E-state index contributed by atoms with van der Waals surface area (Å²) in [5.74, 6) is -0.344. The van der Waals surface area contributed by atoms with Gasteiger partial charge in [0.25, 0.3) is 0 Å². The smallest absolute Gasteiger partial charge is 0.326 e. The molecule has 0 aromatic carbocycles. The highest BCUT2D eigenvalue weighted by Crippen LogP contribution is 2.14. The standard InChI is InChI=1S/C10H18ClO2/c1-4-5-6-7-8-13-9(12)10(2,3)11/h1,4-8H2,2-3H3/q+1. The highest BCUT2D eigenvalue weighted by molar-refractivity contribution is 6.33. The maximum Gasteiger partial charge on any atom is 0.326 e. The van der Waals surface area contributed by atoms with Crippen molar-refractivity contribution in [3.8, 4) is 0 Å². The molecule has 3 heteroatoms. The van der Waals surface area contributed by atoms with E-state index in [9.17, 15) is 4.79 Å². The predicted octanol–water partition coefficient (Wildman–Crippen LogP) is 2.94. The van der Waals surface area contributed by atoms with Crippen LogP contribution >= 0.6 is 11.6 Å². The molecule has 0 heterocycles. The van der Waals surface area contributed by atoms with Gasteiger partial charge in [-0.05, 0) is 33.1 Å². The first-order valence-electron chi connectivity index (χ1n) is 4.64. The van der Waals surface area contributed by atoms with E-state index in [0.29, 0.717) is 6.61 Å². The van der Waals surface area contributed by atoms with E-state index in [-0.39, 0.29) is 5.97 Å². The van der Waals surface area contributed by atoms with Crippen molar-refractivity contribution in [2.45, 2.75) is 44.4 Å². The third-order valence-electron chi connectivity index (χ3n) is 1.61. The summed E-state index contributed by atoms with van der Waals surface area (Å²) in [5.41, 5.74) is 0. The third kappa shape index (κ3) is 6.76. The molecule has 0 amide bonds. The molecule has 13 heavy (non-hydrogen) atoms. The molecule has 0 saturated heterocycles. The zero-order chi connectivity index (χ0) is 10.3. The fourth-order valence-corrected chi connectivity index (χ4v) is 0.847. The number of rotatable bonds is 6. The first-order valence-corrected chi connectivity index (χ1v) is 5.01. The van der Waals surface area contributed by atoms with E-state index < -0.39 is 4.87 Å². The maximum atomic E-state index is 11.1. The summed E-state index contributed by atoms with van der Waals surface area (Å²) in [7, 11) is 0. The second kappa shape index (κ2) is 6.14. The third-order valence-corrected chi connectivity index (χ3v) is 1.77. The molecule has 0 aliphatic carbocycles. The first-order chi connectivity index (χ1) is 5.98. The van der Waals surface area contributed by atoms with Gasteiger partial charge >= 0.3 is 5.97 Å². The van der Waals surface area contributed by atoms with Crippen LogP contribution in [0.25, 0.3) is 0 Å². The highest BCUT2D eigenvalue weighted by Gasteiger charge is 2.25. The topological polar surface area (TPSA) is 26.3 Å². The molecular weight excluding hydrogens is 188 g/mol. The normalized spacial score (nSPS) is 11.3. The predicted molar refractivity (Wildman–Crippen MR) is 54.7 cm³/mol. The lowest BCUT2D eigenvalue weighted by Gasteiger charge is -2.13.